The van der Waals surface area contributed by atoms with E-state index in [0.717, 1.165) is 5.56 Å². The molecule has 0 aliphatic carbocycles. The molecule has 0 saturated heterocycles. The van der Waals surface area contributed by atoms with Crippen molar-refractivity contribution in [3.8, 4) is 39.4 Å². The first-order valence-corrected chi connectivity index (χ1v) is 14.2. The predicted molar refractivity (Wildman–Crippen MR) is 177 cm³/mol. The van der Waals surface area contributed by atoms with E-state index in [1.807, 2.05) is 12.1 Å². The van der Waals surface area contributed by atoms with E-state index in [0.29, 0.717) is 5.56 Å². The summed E-state index contributed by atoms with van der Waals surface area (Å²) in [5.74, 6) is 0. The molecule has 8 aromatic carbocycles. The lowest BCUT2D eigenvalue weighted by Gasteiger charge is -2.16. The molecular weight excluding hydrogens is 506 g/mol. The van der Waals surface area contributed by atoms with Crippen LogP contribution in [-0.4, -0.2) is 0 Å². The average molecular weight is 532 g/mol. The largest absolute Gasteiger partial charge is 0.192 e. The third-order valence-electron chi connectivity index (χ3n) is 8.48. The van der Waals surface area contributed by atoms with Crippen molar-refractivity contribution in [3.63, 3.8) is 0 Å². The molecule has 0 bridgehead atoms. The summed E-state index contributed by atoms with van der Waals surface area (Å²) < 4.78 is 0. The van der Waals surface area contributed by atoms with Gasteiger partial charge >= 0.3 is 0 Å². The van der Waals surface area contributed by atoms with E-state index in [1.54, 1.807) is 0 Å². The van der Waals surface area contributed by atoms with Gasteiger partial charge < -0.3 is 0 Å². The van der Waals surface area contributed by atoms with Gasteiger partial charge in [-0.15, -0.1) is 0 Å². The van der Waals surface area contributed by atoms with Gasteiger partial charge in [-0.1, -0.05) is 121 Å². The van der Waals surface area contributed by atoms with Gasteiger partial charge in [0.25, 0.3) is 0 Å². The normalized spacial score (nSPS) is 11.3. The standard InChI is InChI=1S/C41H25N/c42-26-27-19-21-29(22-20-27)38-24-40-37-17-6-4-15-35(37)39(25-41(40)36-16-5-3-14-34(36)38)31-12-7-11-30(23-31)33-18-8-10-28-9-1-2-13-32(28)33/h1-25H. The maximum Gasteiger partial charge on any atom is 0.0991 e. The third-order valence-corrected chi connectivity index (χ3v) is 8.48. The van der Waals surface area contributed by atoms with Gasteiger partial charge in [-0.3, -0.25) is 0 Å². The fraction of sp³-hybridized carbons (Fsp3) is 0. The first kappa shape index (κ1) is 24.1. The molecule has 1 nitrogen and oxygen atoms in total. The lowest BCUT2D eigenvalue weighted by Crippen LogP contribution is -1.90. The summed E-state index contributed by atoms with van der Waals surface area (Å²) in [6, 6.07) is 56.4. The highest BCUT2D eigenvalue weighted by atomic mass is 14.2. The minimum absolute atomic E-state index is 0.671. The van der Waals surface area contributed by atoms with Crippen LogP contribution in [0.15, 0.2) is 152 Å². The molecule has 194 valence electrons. The number of nitriles is 1. The average Bonchev–Trinajstić information content (AvgIpc) is 3.07. The fourth-order valence-electron chi connectivity index (χ4n) is 6.48. The van der Waals surface area contributed by atoms with Crippen molar-refractivity contribution in [1.29, 1.82) is 5.26 Å². The molecular formula is C41H25N. The predicted octanol–water partition coefficient (Wildman–Crippen LogP) is 11.2. The minimum Gasteiger partial charge on any atom is -0.192 e. The van der Waals surface area contributed by atoms with Crippen LogP contribution in [-0.2, 0) is 0 Å². The van der Waals surface area contributed by atoms with Gasteiger partial charge in [-0.05, 0) is 107 Å². The maximum atomic E-state index is 9.33. The van der Waals surface area contributed by atoms with E-state index in [1.165, 1.54) is 70.9 Å². The number of rotatable bonds is 3. The van der Waals surface area contributed by atoms with Crippen LogP contribution in [0.2, 0.25) is 0 Å². The Balaban J connectivity index is 1.40. The van der Waals surface area contributed by atoms with Crippen molar-refractivity contribution in [2.24, 2.45) is 0 Å². The summed E-state index contributed by atoms with van der Waals surface area (Å²) in [5, 5.41) is 19.2. The molecule has 0 saturated carbocycles. The molecule has 1 heteroatoms. The second-order valence-corrected chi connectivity index (χ2v) is 10.8. The van der Waals surface area contributed by atoms with E-state index in [4.69, 9.17) is 0 Å². The van der Waals surface area contributed by atoms with Crippen molar-refractivity contribution < 1.29 is 0 Å². The van der Waals surface area contributed by atoms with Gasteiger partial charge in [0.1, 0.15) is 0 Å². The van der Waals surface area contributed by atoms with Crippen molar-refractivity contribution in [2.75, 3.05) is 0 Å². The van der Waals surface area contributed by atoms with Gasteiger partial charge in [-0.25, -0.2) is 0 Å². The summed E-state index contributed by atoms with van der Waals surface area (Å²) in [7, 11) is 0. The van der Waals surface area contributed by atoms with Crippen LogP contribution >= 0.6 is 0 Å². The lowest BCUT2D eigenvalue weighted by atomic mass is 9.87. The molecule has 0 aliphatic heterocycles. The maximum absolute atomic E-state index is 9.33. The monoisotopic (exact) mass is 531 g/mol. The minimum atomic E-state index is 0.671. The topological polar surface area (TPSA) is 23.8 Å². The number of fused-ring (bicyclic) bond motifs is 6. The Kier molecular flexibility index (Phi) is 5.59. The molecule has 0 spiro atoms. The van der Waals surface area contributed by atoms with Gasteiger partial charge in [0.2, 0.25) is 0 Å². The Morgan fingerprint density at radius 2 is 0.833 bits per heavy atom. The third kappa shape index (κ3) is 3.85. The molecule has 0 fully saturated rings. The second-order valence-electron chi connectivity index (χ2n) is 10.8. The molecule has 8 rings (SSSR count). The van der Waals surface area contributed by atoms with Crippen LogP contribution in [0.5, 0.6) is 0 Å². The van der Waals surface area contributed by atoms with Crippen LogP contribution < -0.4 is 0 Å². The van der Waals surface area contributed by atoms with Crippen molar-refractivity contribution in [2.45, 2.75) is 0 Å². The van der Waals surface area contributed by atoms with Gasteiger partial charge in [0, 0.05) is 0 Å². The molecule has 0 unspecified atom stereocenters. The Labute approximate surface area is 244 Å². The summed E-state index contributed by atoms with van der Waals surface area (Å²) in [6.45, 7) is 0. The smallest absolute Gasteiger partial charge is 0.0991 e. The second kappa shape index (κ2) is 9.73. The Morgan fingerprint density at radius 1 is 0.333 bits per heavy atom. The van der Waals surface area contributed by atoms with Gasteiger partial charge in [0.15, 0.2) is 0 Å². The van der Waals surface area contributed by atoms with E-state index in [-0.39, 0.29) is 0 Å². The first-order valence-electron chi connectivity index (χ1n) is 14.2. The first-order chi connectivity index (χ1) is 20.8. The van der Waals surface area contributed by atoms with E-state index in [9.17, 15) is 5.26 Å². The molecule has 0 amide bonds. The van der Waals surface area contributed by atoms with Crippen molar-refractivity contribution >= 4 is 43.1 Å². The fourth-order valence-corrected chi connectivity index (χ4v) is 6.48. The van der Waals surface area contributed by atoms with Crippen LogP contribution in [0.25, 0.3) is 76.5 Å². The van der Waals surface area contributed by atoms with Crippen molar-refractivity contribution in [1.82, 2.24) is 0 Å². The van der Waals surface area contributed by atoms with Crippen molar-refractivity contribution in [3.05, 3.63) is 157 Å². The van der Waals surface area contributed by atoms with Gasteiger partial charge in [0.05, 0.1) is 11.6 Å². The van der Waals surface area contributed by atoms with Crippen LogP contribution in [0.4, 0.5) is 0 Å². The van der Waals surface area contributed by atoms with Gasteiger partial charge in [-0.2, -0.15) is 5.26 Å². The molecule has 0 heterocycles. The number of hydrogen-bond acceptors (Lipinski definition) is 1. The molecule has 8 aromatic rings. The Morgan fingerprint density at radius 3 is 1.48 bits per heavy atom. The molecule has 0 aromatic heterocycles. The number of nitrogens with zero attached hydrogens (tertiary/aromatic N) is 1. The summed E-state index contributed by atoms with van der Waals surface area (Å²) in [5.41, 5.74) is 7.87. The zero-order valence-corrected chi connectivity index (χ0v) is 22.9. The summed E-state index contributed by atoms with van der Waals surface area (Å²) >= 11 is 0. The molecule has 0 atom stereocenters. The number of benzene rings is 8. The van der Waals surface area contributed by atoms with E-state index < -0.39 is 0 Å². The van der Waals surface area contributed by atoms with Crippen LogP contribution in [0.3, 0.4) is 0 Å². The Hall–Kier alpha value is -5.71. The lowest BCUT2D eigenvalue weighted by molar-refractivity contribution is 1.48. The quantitative estimate of drug-likeness (QED) is 0.208. The summed E-state index contributed by atoms with van der Waals surface area (Å²) in [6.07, 6.45) is 0. The zero-order valence-electron chi connectivity index (χ0n) is 22.9. The highest BCUT2D eigenvalue weighted by Crippen LogP contribution is 2.42. The van der Waals surface area contributed by atoms with Crippen LogP contribution in [0, 0.1) is 11.3 Å². The highest BCUT2D eigenvalue weighted by molar-refractivity contribution is 6.23. The summed E-state index contributed by atoms with van der Waals surface area (Å²) in [4.78, 5) is 0. The van der Waals surface area contributed by atoms with E-state index in [2.05, 4.69) is 146 Å². The molecule has 0 aliphatic rings. The number of hydrogen-bond donors (Lipinski definition) is 0. The zero-order chi connectivity index (χ0) is 28.0. The SMILES string of the molecule is N#Cc1ccc(-c2cc3c4ccccc4c(-c4cccc(-c5cccc6ccccc56)c4)cc3c3ccccc23)cc1. The van der Waals surface area contributed by atoms with E-state index >= 15 is 0 Å². The highest BCUT2D eigenvalue weighted by Gasteiger charge is 2.15. The molecule has 42 heavy (non-hydrogen) atoms. The van der Waals surface area contributed by atoms with Crippen LogP contribution in [0.1, 0.15) is 5.56 Å². The molecule has 0 N–H and O–H groups in total. The molecule has 0 radical (unpaired) electrons. The Bertz CT molecular complexity index is 2350.